The van der Waals surface area contributed by atoms with E-state index >= 15 is 0 Å². The van der Waals surface area contributed by atoms with E-state index in [0.717, 1.165) is 0 Å². The van der Waals surface area contributed by atoms with Crippen LogP contribution in [0.1, 0.15) is 4.11 Å². The lowest BCUT2D eigenvalue weighted by molar-refractivity contribution is 0.373. The molecule has 1 aromatic heterocycles. The van der Waals surface area contributed by atoms with Gasteiger partial charge in [0, 0.05) is 18.2 Å². The standard InChI is InChI=1S/C17H14O6/c1-21-10-6-13(19)11-8-14(20)17(23-15(11)7-10)9-3-4-12(18)16(5-9)22-2/h3-8H,1-2H3,(H2-,18,19,20)/p+1/i2D3. The van der Waals surface area contributed by atoms with E-state index in [2.05, 4.69) is 0 Å². The summed E-state index contributed by atoms with van der Waals surface area (Å²) in [5, 5.41) is 30.3. The van der Waals surface area contributed by atoms with Crippen molar-refractivity contribution in [2.24, 2.45) is 0 Å². The van der Waals surface area contributed by atoms with Crippen LogP contribution < -0.4 is 9.47 Å². The van der Waals surface area contributed by atoms with Crippen LogP contribution >= 0.6 is 0 Å². The maximum atomic E-state index is 10.3. The van der Waals surface area contributed by atoms with Crippen LogP contribution in [-0.2, 0) is 0 Å². The van der Waals surface area contributed by atoms with E-state index in [9.17, 15) is 15.3 Å². The lowest BCUT2D eigenvalue weighted by Crippen LogP contribution is -1.87. The number of phenolic OH excluding ortho intramolecular Hbond substituents is 2. The summed E-state index contributed by atoms with van der Waals surface area (Å²) in [4.78, 5) is 0. The van der Waals surface area contributed by atoms with Crippen molar-refractivity contribution >= 4 is 11.0 Å². The van der Waals surface area contributed by atoms with Crippen LogP contribution in [0.3, 0.4) is 0 Å². The highest BCUT2D eigenvalue weighted by Gasteiger charge is 2.25. The van der Waals surface area contributed by atoms with Crippen LogP contribution in [0.15, 0.2) is 40.8 Å². The zero-order valence-electron chi connectivity index (χ0n) is 15.0. The minimum absolute atomic E-state index is 0.000505. The normalized spacial score (nSPS) is 13.2. The van der Waals surface area contributed by atoms with E-state index in [1.54, 1.807) is 0 Å². The lowest BCUT2D eigenvalue weighted by Gasteiger charge is -2.04. The fourth-order valence-electron chi connectivity index (χ4n) is 2.24. The molecule has 3 rings (SSSR count). The molecule has 0 aliphatic rings. The molecule has 0 bridgehead atoms. The quantitative estimate of drug-likeness (QED) is 0.640. The number of benzene rings is 2. The number of methoxy groups -OCH3 is 2. The third-order valence-electron chi connectivity index (χ3n) is 3.39. The maximum Gasteiger partial charge on any atom is 0.402 e. The van der Waals surface area contributed by atoms with Gasteiger partial charge in [0.15, 0.2) is 11.5 Å². The molecule has 0 aliphatic heterocycles. The van der Waals surface area contributed by atoms with Crippen LogP contribution in [0.4, 0.5) is 0 Å². The number of rotatable bonds is 3. The topological polar surface area (TPSA) is 90.5 Å². The summed E-state index contributed by atoms with van der Waals surface area (Å²) >= 11 is 0. The maximum absolute atomic E-state index is 10.3. The number of fused-ring (bicyclic) bond motifs is 1. The summed E-state index contributed by atoms with van der Waals surface area (Å²) < 4.78 is 36.9. The average molecular weight is 318 g/mol. The van der Waals surface area contributed by atoms with Gasteiger partial charge in [-0.2, -0.15) is 0 Å². The van der Waals surface area contributed by atoms with Gasteiger partial charge in [0.2, 0.25) is 5.75 Å². The molecule has 118 valence electrons. The Kier molecular flexibility index (Phi) is 2.76. The Morgan fingerprint density at radius 3 is 2.52 bits per heavy atom. The summed E-state index contributed by atoms with van der Waals surface area (Å²) in [6.07, 6.45) is 0. The van der Waals surface area contributed by atoms with Crippen molar-refractivity contribution in [1.82, 2.24) is 0 Å². The first-order valence-corrected chi connectivity index (χ1v) is 6.57. The fourth-order valence-corrected chi connectivity index (χ4v) is 2.24. The van der Waals surface area contributed by atoms with Gasteiger partial charge < -0.3 is 24.8 Å². The zero-order valence-corrected chi connectivity index (χ0v) is 12.0. The molecule has 0 spiro atoms. The summed E-state index contributed by atoms with van der Waals surface area (Å²) in [6, 6.07) is 8.08. The minimum Gasteiger partial charge on any atom is -0.507 e. The van der Waals surface area contributed by atoms with Crippen molar-refractivity contribution < 1.29 is 33.3 Å². The first-order chi connectivity index (χ1) is 12.2. The van der Waals surface area contributed by atoms with Gasteiger partial charge in [0.05, 0.1) is 29.9 Å². The number of phenols is 2. The van der Waals surface area contributed by atoms with E-state index in [0.29, 0.717) is 5.75 Å². The van der Waals surface area contributed by atoms with Gasteiger partial charge in [-0.05, 0) is 12.1 Å². The second-order valence-electron chi connectivity index (χ2n) is 4.80. The predicted molar refractivity (Wildman–Crippen MR) is 84.2 cm³/mol. The Morgan fingerprint density at radius 1 is 0.957 bits per heavy atom. The van der Waals surface area contributed by atoms with Gasteiger partial charge in [-0.25, -0.2) is 4.42 Å². The summed E-state index contributed by atoms with van der Waals surface area (Å²) in [5.74, 6) is -0.728. The molecular weight excluding hydrogens is 300 g/mol. The highest BCUT2D eigenvalue weighted by Crippen LogP contribution is 2.40. The van der Waals surface area contributed by atoms with Gasteiger partial charge >= 0.3 is 11.3 Å². The van der Waals surface area contributed by atoms with Gasteiger partial charge in [-0.1, -0.05) is 0 Å². The van der Waals surface area contributed by atoms with Gasteiger partial charge in [-0.3, -0.25) is 0 Å². The van der Waals surface area contributed by atoms with E-state index in [4.69, 9.17) is 18.0 Å². The molecule has 3 aromatic rings. The molecule has 0 radical (unpaired) electrons. The van der Waals surface area contributed by atoms with E-state index in [1.807, 2.05) is 0 Å². The second kappa shape index (κ2) is 5.57. The van der Waals surface area contributed by atoms with Gasteiger partial charge in [0.25, 0.3) is 0 Å². The summed E-state index contributed by atoms with van der Waals surface area (Å²) in [5.41, 5.74) is 0.504. The Morgan fingerprint density at radius 2 is 1.78 bits per heavy atom. The fraction of sp³-hybridized carbons (Fsp3) is 0.118. The molecule has 2 aromatic carbocycles. The molecule has 6 heteroatoms. The zero-order chi connectivity index (χ0) is 19.1. The van der Waals surface area contributed by atoms with Crippen molar-refractivity contribution in [3.8, 4) is 40.1 Å². The molecular formula is C17H15O6+. The largest absolute Gasteiger partial charge is 0.507 e. The first-order valence-electron chi connectivity index (χ1n) is 8.07. The average Bonchev–Trinajstić information content (AvgIpc) is 2.55. The number of hydrogen-bond donors (Lipinski definition) is 3. The molecule has 0 aliphatic carbocycles. The highest BCUT2D eigenvalue weighted by atomic mass is 16.5. The molecule has 0 atom stereocenters. The van der Waals surface area contributed by atoms with Crippen molar-refractivity contribution in [3.63, 3.8) is 0 Å². The molecule has 0 saturated carbocycles. The number of aromatic hydroxyl groups is 3. The van der Waals surface area contributed by atoms with Crippen molar-refractivity contribution in [3.05, 3.63) is 36.4 Å². The Hall–Kier alpha value is -3.15. The minimum atomic E-state index is -2.75. The number of hydrogen-bond acceptors (Lipinski definition) is 5. The van der Waals surface area contributed by atoms with Gasteiger partial charge in [-0.15, -0.1) is 0 Å². The molecule has 23 heavy (non-hydrogen) atoms. The van der Waals surface area contributed by atoms with Crippen molar-refractivity contribution in [2.45, 2.75) is 0 Å². The first kappa shape index (κ1) is 11.4. The third-order valence-corrected chi connectivity index (χ3v) is 3.39. The van der Waals surface area contributed by atoms with Crippen LogP contribution in [0.2, 0.25) is 0 Å². The Balaban J connectivity index is 2.16. The van der Waals surface area contributed by atoms with Crippen molar-refractivity contribution in [1.29, 1.82) is 0 Å². The molecule has 0 saturated heterocycles. The molecule has 3 N–H and O–H groups in total. The van der Waals surface area contributed by atoms with E-state index in [1.165, 1.54) is 43.5 Å². The molecule has 0 fully saturated rings. The predicted octanol–water partition coefficient (Wildman–Crippen LogP) is 3.51. The van der Waals surface area contributed by atoms with Crippen LogP contribution in [0.5, 0.6) is 28.7 Å². The van der Waals surface area contributed by atoms with E-state index < -0.39 is 7.04 Å². The Labute approximate surface area is 136 Å². The summed E-state index contributed by atoms with van der Waals surface area (Å²) in [7, 11) is -1.32. The number of ether oxygens (including phenoxy) is 2. The van der Waals surface area contributed by atoms with Gasteiger partial charge in [0.1, 0.15) is 16.9 Å². The summed E-state index contributed by atoms with van der Waals surface area (Å²) in [6.45, 7) is 0. The highest BCUT2D eigenvalue weighted by molar-refractivity contribution is 5.88. The SMILES string of the molecule is [2H]C([2H])([2H])Oc1cc(-c2[o+]c3cc(OC)cc(O)c3cc2O)ccc1O. The van der Waals surface area contributed by atoms with Crippen LogP contribution in [0.25, 0.3) is 22.3 Å². The molecule has 0 amide bonds. The van der Waals surface area contributed by atoms with Crippen LogP contribution in [-0.4, -0.2) is 29.5 Å². The van der Waals surface area contributed by atoms with Crippen LogP contribution in [0, 0.1) is 0 Å². The van der Waals surface area contributed by atoms with E-state index in [-0.39, 0.29) is 45.3 Å². The Bertz CT molecular complexity index is 984. The molecule has 6 nitrogen and oxygen atoms in total. The molecule has 0 unspecified atom stereocenters. The smallest absolute Gasteiger partial charge is 0.402 e. The lowest BCUT2D eigenvalue weighted by atomic mass is 10.1. The third kappa shape index (κ3) is 2.55. The van der Waals surface area contributed by atoms with Crippen molar-refractivity contribution in [2.75, 3.05) is 14.1 Å². The monoisotopic (exact) mass is 318 g/mol. The second-order valence-corrected chi connectivity index (χ2v) is 4.80. The molecule has 1 heterocycles.